The van der Waals surface area contributed by atoms with E-state index in [1.807, 2.05) is 42.2 Å². The molecule has 1 aliphatic carbocycles. The van der Waals surface area contributed by atoms with Gasteiger partial charge in [-0.15, -0.1) is 0 Å². The number of para-hydroxylation sites is 1. The lowest BCUT2D eigenvalue weighted by Gasteiger charge is -2.42. The van der Waals surface area contributed by atoms with Crippen LogP contribution in [0.15, 0.2) is 36.7 Å². The maximum atomic E-state index is 11.7. The van der Waals surface area contributed by atoms with Gasteiger partial charge in [0.2, 0.25) is 0 Å². The minimum absolute atomic E-state index is 0.259. The van der Waals surface area contributed by atoms with Crippen LogP contribution in [-0.2, 0) is 19.2 Å². The molecule has 2 aliphatic rings. The summed E-state index contributed by atoms with van der Waals surface area (Å²) < 4.78 is 7.40. The van der Waals surface area contributed by atoms with Crippen LogP contribution >= 0.6 is 0 Å². The van der Waals surface area contributed by atoms with Crippen molar-refractivity contribution in [2.24, 2.45) is 18.9 Å². The highest BCUT2D eigenvalue weighted by atomic mass is 16.5. The van der Waals surface area contributed by atoms with Gasteiger partial charge in [0.15, 0.2) is 0 Å². The fourth-order valence-corrected chi connectivity index (χ4v) is 4.89. The Kier molecular flexibility index (Phi) is 4.29. The maximum Gasteiger partial charge on any atom is 0.124 e. The van der Waals surface area contributed by atoms with Crippen LogP contribution in [0.2, 0.25) is 0 Å². The van der Waals surface area contributed by atoms with Gasteiger partial charge in [-0.3, -0.25) is 9.58 Å². The molecule has 0 bridgehead atoms. The molecule has 1 saturated carbocycles. The zero-order chi connectivity index (χ0) is 17.4. The van der Waals surface area contributed by atoms with Crippen molar-refractivity contribution in [3.05, 3.63) is 47.8 Å². The van der Waals surface area contributed by atoms with E-state index in [-0.39, 0.29) is 5.92 Å². The first kappa shape index (κ1) is 16.6. The average molecular weight is 341 g/mol. The Morgan fingerprint density at radius 3 is 2.92 bits per heavy atom. The highest BCUT2D eigenvalue weighted by Crippen LogP contribution is 2.50. The van der Waals surface area contributed by atoms with Crippen LogP contribution < -0.4 is 4.74 Å². The number of aromatic nitrogens is 2. The van der Waals surface area contributed by atoms with E-state index in [2.05, 4.69) is 16.2 Å². The molecular formula is C20H27N3O2. The molecule has 3 unspecified atom stereocenters. The third-order valence-electron chi connectivity index (χ3n) is 6.00. The summed E-state index contributed by atoms with van der Waals surface area (Å²) in [5, 5.41) is 16.0. The van der Waals surface area contributed by atoms with E-state index in [0.717, 1.165) is 43.8 Å². The zero-order valence-corrected chi connectivity index (χ0v) is 15.1. The molecule has 4 rings (SSSR count). The summed E-state index contributed by atoms with van der Waals surface area (Å²) in [6, 6.07) is 7.96. The number of ether oxygens (including phenoxy) is 1. The molecule has 5 heteroatoms. The van der Waals surface area contributed by atoms with Gasteiger partial charge < -0.3 is 9.84 Å². The fourth-order valence-electron chi connectivity index (χ4n) is 4.89. The fraction of sp³-hybridized carbons (Fsp3) is 0.550. The molecule has 1 saturated heterocycles. The smallest absolute Gasteiger partial charge is 0.124 e. The monoisotopic (exact) mass is 341 g/mol. The molecule has 0 amide bonds. The van der Waals surface area contributed by atoms with Crippen LogP contribution in [0.25, 0.3) is 0 Å². The van der Waals surface area contributed by atoms with E-state index in [9.17, 15) is 5.11 Å². The first-order chi connectivity index (χ1) is 12.1. The number of methoxy groups -OCH3 is 1. The van der Waals surface area contributed by atoms with Gasteiger partial charge in [0.1, 0.15) is 5.75 Å². The molecule has 2 fully saturated rings. The molecule has 1 aromatic heterocycles. The Bertz CT molecular complexity index is 744. The topological polar surface area (TPSA) is 50.5 Å². The van der Waals surface area contributed by atoms with Crippen molar-refractivity contribution in [3.8, 4) is 5.75 Å². The highest BCUT2D eigenvalue weighted by molar-refractivity contribution is 5.39. The van der Waals surface area contributed by atoms with Gasteiger partial charge in [0.05, 0.1) is 18.9 Å². The predicted octanol–water partition coefficient (Wildman–Crippen LogP) is 2.55. The van der Waals surface area contributed by atoms with Crippen LogP contribution in [0.4, 0.5) is 0 Å². The van der Waals surface area contributed by atoms with Gasteiger partial charge in [-0.1, -0.05) is 18.2 Å². The standard InChI is InChI=1S/C20H27N3O2/c1-22-11-15(10-21-22)12-23-13-16-6-5-9-20(24,18(16)14-23)17-7-3-4-8-19(17)25-2/h3-4,7-8,10-11,16,18,24H,5-6,9,12-14H2,1-2H3. The van der Waals surface area contributed by atoms with Gasteiger partial charge in [0, 0.05) is 49.9 Å². The molecule has 5 nitrogen and oxygen atoms in total. The minimum atomic E-state index is -0.792. The molecule has 2 heterocycles. The van der Waals surface area contributed by atoms with Crippen LogP contribution in [0.3, 0.4) is 0 Å². The second-order valence-corrected chi connectivity index (χ2v) is 7.60. The normalized spacial score (nSPS) is 29.6. The summed E-state index contributed by atoms with van der Waals surface area (Å²) in [5.74, 6) is 1.60. The lowest BCUT2D eigenvalue weighted by atomic mass is 9.67. The molecule has 25 heavy (non-hydrogen) atoms. The van der Waals surface area contributed by atoms with Crippen LogP contribution in [0.1, 0.15) is 30.4 Å². The van der Waals surface area contributed by atoms with E-state index in [4.69, 9.17) is 4.74 Å². The van der Waals surface area contributed by atoms with Gasteiger partial charge >= 0.3 is 0 Å². The van der Waals surface area contributed by atoms with Crippen molar-refractivity contribution in [3.63, 3.8) is 0 Å². The van der Waals surface area contributed by atoms with Crippen LogP contribution in [0.5, 0.6) is 5.75 Å². The second kappa shape index (κ2) is 6.46. The number of rotatable bonds is 4. The summed E-state index contributed by atoms with van der Waals surface area (Å²) >= 11 is 0. The number of hydrogen-bond donors (Lipinski definition) is 1. The third-order valence-corrected chi connectivity index (χ3v) is 6.00. The Morgan fingerprint density at radius 2 is 2.16 bits per heavy atom. The second-order valence-electron chi connectivity index (χ2n) is 7.60. The molecule has 0 radical (unpaired) electrons. The molecule has 1 aliphatic heterocycles. The summed E-state index contributed by atoms with van der Waals surface area (Å²) in [4.78, 5) is 2.47. The van der Waals surface area contributed by atoms with Gasteiger partial charge in [-0.25, -0.2) is 0 Å². The van der Waals surface area contributed by atoms with Crippen molar-refractivity contribution in [2.75, 3.05) is 20.2 Å². The first-order valence-corrected chi connectivity index (χ1v) is 9.16. The van der Waals surface area contributed by atoms with Crippen molar-refractivity contribution < 1.29 is 9.84 Å². The van der Waals surface area contributed by atoms with E-state index in [1.165, 1.54) is 12.0 Å². The average Bonchev–Trinajstić information content (AvgIpc) is 3.22. The Balaban J connectivity index is 1.58. The number of hydrogen-bond acceptors (Lipinski definition) is 4. The summed E-state index contributed by atoms with van der Waals surface area (Å²) in [6.07, 6.45) is 7.10. The molecule has 0 spiro atoms. The summed E-state index contributed by atoms with van der Waals surface area (Å²) in [6.45, 7) is 2.88. The summed E-state index contributed by atoms with van der Waals surface area (Å²) in [7, 11) is 3.64. The molecule has 134 valence electrons. The third kappa shape index (κ3) is 2.96. The van der Waals surface area contributed by atoms with Crippen molar-refractivity contribution >= 4 is 0 Å². The van der Waals surface area contributed by atoms with Gasteiger partial charge in [-0.05, 0) is 31.2 Å². The van der Waals surface area contributed by atoms with Crippen molar-refractivity contribution in [2.45, 2.75) is 31.4 Å². The lowest BCUT2D eigenvalue weighted by Crippen LogP contribution is -2.43. The van der Waals surface area contributed by atoms with Crippen LogP contribution in [-0.4, -0.2) is 40.0 Å². The SMILES string of the molecule is COc1ccccc1C1(O)CCCC2CN(Cc3cnn(C)c3)CC21. The first-order valence-electron chi connectivity index (χ1n) is 9.16. The van der Waals surface area contributed by atoms with Gasteiger partial charge in [-0.2, -0.15) is 5.10 Å². The van der Waals surface area contributed by atoms with Gasteiger partial charge in [0.25, 0.3) is 0 Å². The molecule has 3 atom stereocenters. The van der Waals surface area contributed by atoms with E-state index in [1.54, 1.807) is 7.11 Å². The molecule has 1 aromatic carbocycles. The van der Waals surface area contributed by atoms with Crippen LogP contribution in [0, 0.1) is 11.8 Å². The number of aliphatic hydroxyl groups is 1. The molecule has 2 aromatic rings. The van der Waals surface area contributed by atoms with Crippen molar-refractivity contribution in [1.82, 2.24) is 14.7 Å². The highest BCUT2D eigenvalue weighted by Gasteiger charge is 2.50. The van der Waals surface area contributed by atoms with E-state index in [0.29, 0.717) is 5.92 Å². The quantitative estimate of drug-likeness (QED) is 0.928. The Labute approximate surface area is 149 Å². The van der Waals surface area contributed by atoms with E-state index < -0.39 is 5.60 Å². The minimum Gasteiger partial charge on any atom is -0.496 e. The van der Waals surface area contributed by atoms with E-state index >= 15 is 0 Å². The summed E-state index contributed by atoms with van der Waals surface area (Å²) in [5.41, 5.74) is 1.40. The maximum absolute atomic E-state index is 11.7. The number of aryl methyl sites for hydroxylation is 1. The largest absolute Gasteiger partial charge is 0.496 e. The molecular weight excluding hydrogens is 314 g/mol. The zero-order valence-electron chi connectivity index (χ0n) is 15.1. The lowest BCUT2D eigenvalue weighted by molar-refractivity contribution is -0.0662. The molecule has 1 N–H and O–H groups in total. The predicted molar refractivity (Wildman–Crippen MR) is 96.2 cm³/mol. The van der Waals surface area contributed by atoms with Crippen molar-refractivity contribution in [1.29, 1.82) is 0 Å². The number of likely N-dealkylation sites (tertiary alicyclic amines) is 1. The number of nitrogens with zero attached hydrogens (tertiary/aromatic N) is 3. The Morgan fingerprint density at radius 1 is 1.32 bits per heavy atom. The number of fused-ring (bicyclic) bond motifs is 1. The Hall–Kier alpha value is -1.85. The number of benzene rings is 1.